The van der Waals surface area contributed by atoms with Crippen LogP contribution in [0.25, 0.3) is 0 Å². The molecule has 0 radical (unpaired) electrons. The van der Waals surface area contributed by atoms with Crippen LogP contribution in [0.3, 0.4) is 0 Å². The van der Waals surface area contributed by atoms with Crippen LogP contribution in [0.15, 0.2) is 6.07 Å². The number of aromatic nitrogens is 2. The monoisotopic (exact) mass is 294 g/mol. The smallest absolute Gasteiger partial charge is 0.134 e. The third-order valence-electron chi connectivity index (χ3n) is 3.07. The molecule has 1 heterocycles. The molecule has 1 N–H and O–H groups in total. The summed E-state index contributed by atoms with van der Waals surface area (Å²) in [7, 11) is 1.74. The maximum atomic E-state index is 5.23. The van der Waals surface area contributed by atoms with Gasteiger partial charge in [0.1, 0.15) is 17.5 Å². The molecule has 0 spiro atoms. The Kier molecular flexibility index (Phi) is 8.05. The van der Waals surface area contributed by atoms with Crippen molar-refractivity contribution >= 4 is 11.6 Å². The number of rotatable bonds is 10. The summed E-state index contributed by atoms with van der Waals surface area (Å²) in [6.07, 6.45) is 1.96. The van der Waals surface area contributed by atoms with Crippen molar-refractivity contribution in [3.63, 3.8) is 0 Å². The molecule has 1 rings (SSSR count). The van der Waals surface area contributed by atoms with Gasteiger partial charge in [-0.3, -0.25) is 0 Å². The van der Waals surface area contributed by atoms with Gasteiger partial charge in [-0.05, 0) is 19.3 Å². The second-order valence-electron chi connectivity index (χ2n) is 5.64. The molecule has 0 saturated carbocycles. The number of aryl methyl sites for hydroxylation is 1. The first kappa shape index (κ1) is 17.7. The molecular formula is C16H30N4O. The van der Waals surface area contributed by atoms with Crippen LogP contribution in [0.2, 0.25) is 0 Å². The summed E-state index contributed by atoms with van der Waals surface area (Å²) in [5, 5.41) is 3.30. The summed E-state index contributed by atoms with van der Waals surface area (Å²) in [5.74, 6) is 3.40. The number of nitrogens with one attached hydrogen (secondary N) is 1. The first-order valence-corrected chi connectivity index (χ1v) is 7.96. The summed E-state index contributed by atoms with van der Waals surface area (Å²) < 4.78 is 5.23. The highest BCUT2D eigenvalue weighted by molar-refractivity contribution is 5.49. The van der Waals surface area contributed by atoms with E-state index in [1.807, 2.05) is 6.07 Å². The summed E-state index contributed by atoms with van der Waals surface area (Å²) in [6.45, 7) is 12.1. The Balaban J connectivity index is 3.02. The highest BCUT2D eigenvalue weighted by Crippen LogP contribution is 2.18. The molecule has 120 valence electrons. The largest absolute Gasteiger partial charge is 0.383 e. The van der Waals surface area contributed by atoms with E-state index in [4.69, 9.17) is 9.72 Å². The highest BCUT2D eigenvalue weighted by Gasteiger charge is 2.13. The minimum Gasteiger partial charge on any atom is -0.383 e. The van der Waals surface area contributed by atoms with Gasteiger partial charge in [-0.15, -0.1) is 0 Å². The van der Waals surface area contributed by atoms with E-state index in [9.17, 15) is 0 Å². The van der Waals surface area contributed by atoms with E-state index in [0.29, 0.717) is 12.5 Å². The van der Waals surface area contributed by atoms with E-state index in [1.54, 1.807) is 7.11 Å². The van der Waals surface area contributed by atoms with Crippen molar-refractivity contribution in [2.24, 2.45) is 5.92 Å². The standard InChI is InChI=1S/C16H30N4O/c1-6-8-14-18-15(17-7-2)11-16(19-14)20(9-10-21-5)12-13(3)4/h11,13H,6-10,12H2,1-5H3,(H,17,18,19). The molecular weight excluding hydrogens is 264 g/mol. The van der Waals surface area contributed by atoms with Gasteiger partial charge in [-0.1, -0.05) is 20.8 Å². The molecule has 0 aliphatic rings. The molecule has 0 aliphatic carbocycles. The summed E-state index contributed by atoms with van der Waals surface area (Å²) >= 11 is 0. The van der Waals surface area contributed by atoms with Crippen LogP contribution >= 0.6 is 0 Å². The lowest BCUT2D eigenvalue weighted by Crippen LogP contribution is -2.32. The Morgan fingerprint density at radius 3 is 2.62 bits per heavy atom. The van der Waals surface area contributed by atoms with Crippen LogP contribution in [-0.2, 0) is 11.2 Å². The summed E-state index contributed by atoms with van der Waals surface area (Å²) in [5.41, 5.74) is 0. The van der Waals surface area contributed by atoms with Crippen molar-refractivity contribution < 1.29 is 4.74 Å². The number of nitrogens with zero attached hydrogens (tertiary/aromatic N) is 3. The minimum absolute atomic E-state index is 0.578. The molecule has 0 amide bonds. The number of hydrogen-bond acceptors (Lipinski definition) is 5. The van der Waals surface area contributed by atoms with Gasteiger partial charge in [0.15, 0.2) is 0 Å². The van der Waals surface area contributed by atoms with E-state index in [2.05, 4.69) is 42.9 Å². The van der Waals surface area contributed by atoms with Crippen molar-refractivity contribution in [2.45, 2.75) is 40.5 Å². The predicted octanol–water partition coefficient (Wildman–Crippen LogP) is 2.97. The van der Waals surface area contributed by atoms with Crippen molar-refractivity contribution in [3.05, 3.63) is 11.9 Å². The zero-order valence-electron chi connectivity index (χ0n) is 14.1. The number of ether oxygens (including phenoxy) is 1. The zero-order valence-corrected chi connectivity index (χ0v) is 14.1. The number of methoxy groups -OCH3 is 1. The van der Waals surface area contributed by atoms with Crippen molar-refractivity contribution in [3.8, 4) is 0 Å². The van der Waals surface area contributed by atoms with Crippen molar-refractivity contribution in [2.75, 3.05) is 43.6 Å². The Bertz CT molecular complexity index is 385. The van der Waals surface area contributed by atoms with Crippen molar-refractivity contribution in [1.82, 2.24) is 9.97 Å². The van der Waals surface area contributed by atoms with Gasteiger partial charge in [-0.25, -0.2) is 9.97 Å². The zero-order chi connectivity index (χ0) is 15.7. The highest BCUT2D eigenvalue weighted by atomic mass is 16.5. The van der Waals surface area contributed by atoms with Gasteiger partial charge >= 0.3 is 0 Å². The van der Waals surface area contributed by atoms with Gasteiger partial charge in [0, 0.05) is 39.2 Å². The quantitative estimate of drug-likeness (QED) is 0.719. The predicted molar refractivity (Wildman–Crippen MR) is 89.1 cm³/mol. The lowest BCUT2D eigenvalue weighted by atomic mass is 10.2. The third kappa shape index (κ3) is 6.29. The van der Waals surface area contributed by atoms with Crippen LogP contribution in [0.4, 0.5) is 11.6 Å². The topological polar surface area (TPSA) is 50.3 Å². The molecule has 0 bridgehead atoms. The van der Waals surface area contributed by atoms with Crippen LogP contribution in [-0.4, -0.2) is 43.3 Å². The molecule has 21 heavy (non-hydrogen) atoms. The lowest BCUT2D eigenvalue weighted by Gasteiger charge is -2.26. The molecule has 0 aliphatic heterocycles. The SMILES string of the molecule is CCCc1nc(NCC)cc(N(CCOC)CC(C)C)n1. The Morgan fingerprint density at radius 1 is 1.29 bits per heavy atom. The average molecular weight is 294 g/mol. The normalized spacial score (nSPS) is 11.0. The van der Waals surface area contributed by atoms with Gasteiger partial charge < -0.3 is 15.0 Å². The Morgan fingerprint density at radius 2 is 2.05 bits per heavy atom. The van der Waals surface area contributed by atoms with Crippen LogP contribution in [0.5, 0.6) is 0 Å². The molecule has 0 unspecified atom stereocenters. The molecule has 1 aromatic heterocycles. The maximum absolute atomic E-state index is 5.23. The van der Waals surface area contributed by atoms with Crippen LogP contribution in [0, 0.1) is 5.92 Å². The second kappa shape index (κ2) is 9.55. The molecule has 0 aromatic carbocycles. The first-order valence-electron chi connectivity index (χ1n) is 7.96. The Hall–Kier alpha value is -1.36. The van der Waals surface area contributed by atoms with Crippen LogP contribution in [0.1, 0.15) is 39.9 Å². The van der Waals surface area contributed by atoms with Gasteiger partial charge in [0.25, 0.3) is 0 Å². The average Bonchev–Trinajstić information content (AvgIpc) is 2.43. The van der Waals surface area contributed by atoms with E-state index in [1.165, 1.54) is 0 Å². The first-order chi connectivity index (χ1) is 10.1. The second-order valence-corrected chi connectivity index (χ2v) is 5.64. The van der Waals surface area contributed by atoms with Crippen LogP contribution < -0.4 is 10.2 Å². The number of hydrogen-bond donors (Lipinski definition) is 1. The fourth-order valence-electron chi connectivity index (χ4n) is 2.19. The maximum Gasteiger partial charge on any atom is 0.134 e. The summed E-state index contributed by atoms with van der Waals surface area (Å²) in [4.78, 5) is 11.6. The Labute approximate surface area is 129 Å². The molecule has 0 saturated heterocycles. The minimum atomic E-state index is 0.578. The van der Waals surface area contributed by atoms with E-state index in [-0.39, 0.29) is 0 Å². The number of anilines is 2. The van der Waals surface area contributed by atoms with E-state index in [0.717, 1.165) is 49.9 Å². The van der Waals surface area contributed by atoms with Gasteiger partial charge in [0.2, 0.25) is 0 Å². The molecule has 5 heteroatoms. The fourth-order valence-corrected chi connectivity index (χ4v) is 2.19. The lowest BCUT2D eigenvalue weighted by molar-refractivity contribution is 0.204. The van der Waals surface area contributed by atoms with Crippen molar-refractivity contribution in [1.29, 1.82) is 0 Å². The third-order valence-corrected chi connectivity index (χ3v) is 3.07. The molecule has 0 atom stereocenters. The molecule has 1 aromatic rings. The summed E-state index contributed by atoms with van der Waals surface area (Å²) in [6, 6.07) is 2.04. The molecule has 0 fully saturated rings. The van der Waals surface area contributed by atoms with Gasteiger partial charge in [0.05, 0.1) is 6.61 Å². The van der Waals surface area contributed by atoms with E-state index >= 15 is 0 Å². The molecule has 5 nitrogen and oxygen atoms in total. The fraction of sp³-hybridized carbons (Fsp3) is 0.750. The van der Waals surface area contributed by atoms with Gasteiger partial charge in [-0.2, -0.15) is 0 Å². The van der Waals surface area contributed by atoms with E-state index < -0.39 is 0 Å².